The Morgan fingerprint density at radius 3 is 2.68 bits per heavy atom. The van der Waals surface area contributed by atoms with Gasteiger partial charge in [0.05, 0.1) is 12.5 Å². The molecule has 0 amide bonds. The number of benzene rings is 1. The van der Waals surface area contributed by atoms with Gasteiger partial charge in [-0.1, -0.05) is 6.07 Å². The molecule has 116 valence electrons. The largest absolute Gasteiger partial charge is 0.504 e. The van der Waals surface area contributed by atoms with Crippen molar-refractivity contribution in [1.82, 2.24) is 0 Å². The number of rotatable bonds is 2. The first-order valence-electron chi connectivity index (χ1n) is 7.21. The number of carbonyl (C=O) groups is 2. The topological polar surface area (TPSA) is 83.8 Å². The lowest BCUT2D eigenvalue weighted by molar-refractivity contribution is -0.156. The average molecular weight is 302 g/mol. The first-order valence-corrected chi connectivity index (χ1v) is 7.21. The van der Waals surface area contributed by atoms with E-state index in [0.29, 0.717) is 17.7 Å². The molecule has 2 aliphatic carbocycles. The molecule has 1 aromatic carbocycles. The normalized spacial score (nSPS) is 33.9. The fraction of sp³-hybridized carbons (Fsp3) is 0.412. The van der Waals surface area contributed by atoms with Crippen LogP contribution in [0.15, 0.2) is 30.4 Å². The minimum absolute atomic E-state index is 0.0318. The van der Waals surface area contributed by atoms with Crippen molar-refractivity contribution in [3.8, 4) is 11.5 Å². The van der Waals surface area contributed by atoms with Crippen molar-refractivity contribution in [3.05, 3.63) is 35.9 Å². The molecule has 3 rings (SSSR count). The van der Waals surface area contributed by atoms with E-state index in [0.717, 1.165) is 0 Å². The fourth-order valence-corrected chi connectivity index (χ4v) is 3.63. The lowest BCUT2D eigenvalue weighted by Gasteiger charge is -2.47. The number of Topliss-reactive ketones (excluding diaryl/α,β-unsaturated/α-hetero) is 1. The lowest BCUT2D eigenvalue weighted by Crippen LogP contribution is -2.58. The maximum atomic E-state index is 12.6. The summed E-state index contributed by atoms with van der Waals surface area (Å²) in [6.45, 7) is 1.58. The molecule has 3 atom stereocenters. The van der Waals surface area contributed by atoms with E-state index in [-0.39, 0.29) is 23.9 Å². The third-order valence-electron chi connectivity index (χ3n) is 5.00. The lowest BCUT2D eigenvalue weighted by atomic mass is 9.55. The number of aliphatic hydroxyl groups is 1. The quantitative estimate of drug-likeness (QED) is 0.813. The summed E-state index contributed by atoms with van der Waals surface area (Å²) in [5.74, 6) is -0.839. The van der Waals surface area contributed by atoms with Gasteiger partial charge in [0.25, 0.3) is 0 Å². The summed E-state index contributed by atoms with van der Waals surface area (Å²) in [7, 11) is 1.45. The van der Waals surface area contributed by atoms with E-state index in [4.69, 9.17) is 4.74 Å². The second-order valence-corrected chi connectivity index (χ2v) is 6.18. The Morgan fingerprint density at radius 2 is 2.05 bits per heavy atom. The monoisotopic (exact) mass is 302 g/mol. The van der Waals surface area contributed by atoms with Crippen LogP contribution in [-0.4, -0.2) is 34.5 Å². The van der Waals surface area contributed by atoms with Gasteiger partial charge in [-0.2, -0.15) is 0 Å². The molecular formula is C17H18O5. The molecular weight excluding hydrogens is 284 g/mol. The Kier molecular flexibility index (Phi) is 3.14. The third-order valence-corrected chi connectivity index (χ3v) is 5.00. The van der Waals surface area contributed by atoms with Crippen LogP contribution >= 0.6 is 0 Å². The van der Waals surface area contributed by atoms with Gasteiger partial charge in [0.15, 0.2) is 23.1 Å². The molecule has 1 aromatic rings. The molecule has 5 heteroatoms. The SMILES string of the molecule is COc1ccc(C2CCC3(O)C=CC(=O)C2(C)C3=O)cc1O. The number of allylic oxidation sites excluding steroid dienone is 1. The van der Waals surface area contributed by atoms with Crippen LogP contribution in [-0.2, 0) is 9.59 Å². The van der Waals surface area contributed by atoms with Gasteiger partial charge in [0.1, 0.15) is 5.60 Å². The summed E-state index contributed by atoms with van der Waals surface area (Å²) < 4.78 is 5.02. The second-order valence-electron chi connectivity index (χ2n) is 6.18. The molecule has 0 heterocycles. The van der Waals surface area contributed by atoms with E-state index in [1.807, 2.05) is 0 Å². The number of aromatic hydroxyl groups is 1. The third kappa shape index (κ3) is 1.82. The molecule has 5 nitrogen and oxygen atoms in total. The summed E-state index contributed by atoms with van der Waals surface area (Å²) in [6, 6.07) is 4.89. The number of phenolic OH excluding ortho intramolecular Hbond substituents is 1. The highest BCUT2D eigenvalue weighted by atomic mass is 16.5. The molecule has 1 saturated carbocycles. The fourth-order valence-electron chi connectivity index (χ4n) is 3.63. The van der Waals surface area contributed by atoms with E-state index >= 15 is 0 Å². The predicted octanol–water partition coefficient (Wildman–Crippen LogP) is 1.72. The van der Waals surface area contributed by atoms with Crippen LogP contribution in [0.1, 0.15) is 31.2 Å². The summed E-state index contributed by atoms with van der Waals surface area (Å²) in [4.78, 5) is 25.0. The van der Waals surface area contributed by atoms with E-state index in [9.17, 15) is 19.8 Å². The minimum Gasteiger partial charge on any atom is -0.504 e. The van der Waals surface area contributed by atoms with E-state index in [1.165, 1.54) is 25.3 Å². The number of methoxy groups -OCH3 is 1. The van der Waals surface area contributed by atoms with Crippen molar-refractivity contribution < 1.29 is 24.5 Å². The smallest absolute Gasteiger partial charge is 0.182 e. The van der Waals surface area contributed by atoms with Crippen LogP contribution in [0, 0.1) is 5.41 Å². The van der Waals surface area contributed by atoms with Gasteiger partial charge in [-0.3, -0.25) is 9.59 Å². The van der Waals surface area contributed by atoms with Gasteiger partial charge in [-0.05, 0) is 49.6 Å². The molecule has 0 saturated heterocycles. The number of hydrogen-bond donors (Lipinski definition) is 2. The zero-order valence-electron chi connectivity index (χ0n) is 12.5. The van der Waals surface area contributed by atoms with Crippen molar-refractivity contribution in [1.29, 1.82) is 0 Å². The molecule has 2 bridgehead atoms. The summed E-state index contributed by atoms with van der Waals surface area (Å²) >= 11 is 0. The molecule has 2 N–H and O–H groups in total. The number of ether oxygens (including phenoxy) is 1. The molecule has 1 fully saturated rings. The molecule has 22 heavy (non-hydrogen) atoms. The highest BCUT2D eigenvalue weighted by Gasteiger charge is 2.59. The van der Waals surface area contributed by atoms with Gasteiger partial charge >= 0.3 is 0 Å². The Morgan fingerprint density at radius 1 is 1.32 bits per heavy atom. The van der Waals surface area contributed by atoms with Crippen LogP contribution in [0.5, 0.6) is 11.5 Å². The highest BCUT2D eigenvalue weighted by Crippen LogP contribution is 2.52. The van der Waals surface area contributed by atoms with Gasteiger partial charge in [-0.15, -0.1) is 0 Å². The average Bonchev–Trinajstić information content (AvgIpc) is 2.49. The van der Waals surface area contributed by atoms with Crippen LogP contribution in [0.3, 0.4) is 0 Å². The first kappa shape index (κ1) is 14.8. The number of carbonyl (C=O) groups excluding carboxylic acids is 2. The van der Waals surface area contributed by atoms with Crippen LogP contribution in [0.2, 0.25) is 0 Å². The van der Waals surface area contributed by atoms with Gasteiger partial charge in [-0.25, -0.2) is 0 Å². The van der Waals surface area contributed by atoms with E-state index in [2.05, 4.69) is 0 Å². The first-order chi connectivity index (χ1) is 10.3. The Labute approximate surface area is 128 Å². The van der Waals surface area contributed by atoms with Crippen LogP contribution in [0.25, 0.3) is 0 Å². The standard InChI is InChI=1S/C17H18O5/c1-16-11(10-3-4-13(22-2)12(18)9-10)5-7-17(21,15(16)20)8-6-14(16)19/h3-4,6,8-9,11,18,21H,5,7H2,1-2H3. The molecule has 0 aliphatic heterocycles. The number of hydrogen-bond acceptors (Lipinski definition) is 5. The highest BCUT2D eigenvalue weighted by molar-refractivity contribution is 6.18. The van der Waals surface area contributed by atoms with E-state index < -0.39 is 16.8 Å². The minimum atomic E-state index is -1.55. The zero-order valence-corrected chi connectivity index (χ0v) is 12.5. The van der Waals surface area contributed by atoms with Crippen molar-refractivity contribution in [2.45, 2.75) is 31.3 Å². The molecule has 3 unspecified atom stereocenters. The van der Waals surface area contributed by atoms with Gasteiger partial charge < -0.3 is 14.9 Å². The summed E-state index contributed by atoms with van der Waals surface area (Å²) in [5.41, 5.74) is -2.16. The second kappa shape index (κ2) is 4.68. The maximum absolute atomic E-state index is 12.6. The van der Waals surface area contributed by atoms with Gasteiger partial charge in [0.2, 0.25) is 0 Å². The summed E-state index contributed by atoms with van der Waals surface area (Å²) in [5, 5.41) is 20.4. The van der Waals surface area contributed by atoms with Crippen LogP contribution < -0.4 is 4.74 Å². The molecule has 0 spiro atoms. The van der Waals surface area contributed by atoms with Crippen LogP contribution in [0.4, 0.5) is 0 Å². The van der Waals surface area contributed by atoms with Gasteiger partial charge in [0, 0.05) is 5.92 Å². The Balaban J connectivity index is 2.09. The Hall–Kier alpha value is -2.14. The molecule has 0 aromatic heterocycles. The van der Waals surface area contributed by atoms with Crippen molar-refractivity contribution in [2.24, 2.45) is 5.41 Å². The van der Waals surface area contributed by atoms with Crippen molar-refractivity contribution >= 4 is 11.6 Å². The number of phenols is 1. The molecule has 2 aliphatic rings. The predicted molar refractivity (Wildman–Crippen MR) is 78.8 cm³/mol. The zero-order chi connectivity index (χ0) is 16.1. The molecule has 0 radical (unpaired) electrons. The Bertz CT molecular complexity index is 692. The van der Waals surface area contributed by atoms with E-state index in [1.54, 1.807) is 19.1 Å². The number of ketones is 2. The maximum Gasteiger partial charge on any atom is 0.182 e. The van der Waals surface area contributed by atoms with Crippen molar-refractivity contribution in [2.75, 3.05) is 7.11 Å². The number of fused-ring (bicyclic) bond motifs is 2. The summed E-state index contributed by atoms with van der Waals surface area (Å²) in [6.07, 6.45) is 3.36. The van der Waals surface area contributed by atoms with Crippen molar-refractivity contribution in [3.63, 3.8) is 0 Å².